The van der Waals surface area contributed by atoms with Gasteiger partial charge in [-0.2, -0.15) is 5.26 Å². The maximum Gasteiger partial charge on any atom is 0.255 e. The van der Waals surface area contributed by atoms with E-state index < -0.39 is 23.4 Å². The van der Waals surface area contributed by atoms with Gasteiger partial charge in [-0.3, -0.25) is 4.79 Å². The molecule has 0 fully saturated rings. The number of carbonyl (C=O) groups is 1. The van der Waals surface area contributed by atoms with Gasteiger partial charge in [0.25, 0.3) is 5.91 Å². The lowest BCUT2D eigenvalue weighted by atomic mass is 10.1. The Morgan fingerprint density at radius 3 is 2.35 bits per heavy atom. The average Bonchev–Trinajstić information content (AvgIpc) is 2.43. The van der Waals surface area contributed by atoms with Gasteiger partial charge < -0.3 is 5.32 Å². The molecule has 1 N–H and O–H groups in total. The molecule has 1 amide bonds. The fourth-order valence-corrected chi connectivity index (χ4v) is 1.53. The second-order valence-electron chi connectivity index (χ2n) is 3.89. The molecule has 2 aromatic carbocycles. The third-order valence-electron chi connectivity index (χ3n) is 2.53. The van der Waals surface area contributed by atoms with Crippen LogP contribution in [0.1, 0.15) is 15.9 Å². The third-order valence-corrected chi connectivity index (χ3v) is 2.53. The van der Waals surface area contributed by atoms with Crippen molar-refractivity contribution in [1.29, 1.82) is 5.26 Å². The van der Waals surface area contributed by atoms with Crippen LogP contribution in [0.15, 0.2) is 36.4 Å². The number of nitriles is 1. The van der Waals surface area contributed by atoms with Gasteiger partial charge in [-0.15, -0.1) is 0 Å². The predicted octanol–water partition coefficient (Wildman–Crippen LogP) is 3.23. The number of hydrogen-bond acceptors (Lipinski definition) is 2. The number of carbonyl (C=O) groups excluding carboxylic acids is 1. The van der Waals surface area contributed by atoms with Crippen LogP contribution in [0.4, 0.5) is 18.9 Å². The Balaban J connectivity index is 2.23. The van der Waals surface area contributed by atoms with Crippen LogP contribution in [0.3, 0.4) is 0 Å². The lowest BCUT2D eigenvalue weighted by Gasteiger charge is -2.06. The van der Waals surface area contributed by atoms with Crippen LogP contribution < -0.4 is 5.32 Å². The first-order valence-corrected chi connectivity index (χ1v) is 5.47. The van der Waals surface area contributed by atoms with E-state index in [-0.39, 0.29) is 16.8 Å². The second-order valence-corrected chi connectivity index (χ2v) is 3.89. The molecule has 0 heterocycles. The quantitative estimate of drug-likeness (QED) is 0.915. The van der Waals surface area contributed by atoms with Crippen molar-refractivity contribution in [2.45, 2.75) is 0 Å². The fraction of sp³-hybridized carbons (Fsp3) is 0. The summed E-state index contributed by atoms with van der Waals surface area (Å²) >= 11 is 0. The highest BCUT2D eigenvalue weighted by Crippen LogP contribution is 2.16. The van der Waals surface area contributed by atoms with Crippen LogP contribution in [0.25, 0.3) is 0 Å². The van der Waals surface area contributed by atoms with E-state index in [1.807, 2.05) is 0 Å². The number of anilines is 1. The van der Waals surface area contributed by atoms with Gasteiger partial charge in [-0.1, -0.05) is 0 Å². The van der Waals surface area contributed by atoms with Crippen molar-refractivity contribution in [3.8, 4) is 6.07 Å². The first kappa shape index (κ1) is 13.6. The molecule has 0 saturated heterocycles. The lowest BCUT2D eigenvalue weighted by Crippen LogP contribution is -2.12. The number of benzene rings is 2. The zero-order valence-electron chi connectivity index (χ0n) is 9.95. The molecule has 2 aromatic rings. The minimum absolute atomic E-state index is 0.0910. The summed E-state index contributed by atoms with van der Waals surface area (Å²) < 4.78 is 38.9. The molecule has 0 aliphatic rings. The molecule has 20 heavy (non-hydrogen) atoms. The highest BCUT2D eigenvalue weighted by Gasteiger charge is 2.11. The molecule has 0 aliphatic carbocycles. The number of rotatable bonds is 2. The van der Waals surface area contributed by atoms with Crippen molar-refractivity contribution < 1.29 is 18.0 Å². The summed E-state index contributed by atoms with van der Waals surface area (Å²) in [5.41, 5.74) is -0.141. The van der Waals surface area contributed by atoms with E-state index in [1.165, 1.54) is 6.07 Å². The van der Waals surface area contributed by atoms with Crippen LogP contribution in [-0.2, 0) is 0 Å². The SMILES string of the molecule is N#Cc1cc(NC(=O)c2ccc(F)c(F)c2)ccc1F. The predicted molar refractivity (Wildman–Crippen MR) is 65.4 cm³/mol. The molecule has 0 radical (unpaired) electrons. The standard InChI is InChI=1S/C14H7F3N2O/c15-11-4-2-10(5-9(11)7-18)19-14(20)8-1-3-12(16)13(17)6-8/h1-6H,(H,19,20). The molecule has 0 aliphatic heterocycles. The molecule has 0 unspecified atom stereocenters. The monoisotopic (exact) mass is 276 g/mol. The summed E-state index contributed by atoms with van der Waals surface area (Å²) in [6, 6.07) is 7.75. The summed E-state index contributed by atoms with van der Waals surface area (Å²) in [7, 11) is 0. The van der Waals surface area contributed by atoms with Gasteiger partial charge in [0.2, 0.25) is 0 Å². The molecule has 2 rings (SSSR count). The molecule has 0 aromatic heterocycles. The highest BCUT2D eigenvalue weighted by atomic mass is 19.2. The van der Waals surface area contributed by atoms with Crippen LogP contribution >= 0.6 is 0 Å². The van der Waals surface area contributed by atoms with Crippen LogP contribution in [-0.4, -0.2) is 5.91 Å². The largest absolute Gasteiger partial charge is 0.322 e. The Bertz CT molecular complexity index is 723. The van der Waals surface area contributed by atoms with E-state index in [0.717, 1.165) is 30.3 Å². The van der Waals surface area contributed by atoms with Gasteiger partial charge in [-0.25, -0.2) is 13.2 Å². The van der Waals surface area contributed by atoms with Crippen molar-refractivity contribution in [3.63, 3.8) is 0 Å². The number of nitrogens with one attached hydrogen (secondary N) is 1. The highest BCUT2D eigenvalue weighted by molar-refractivity contribution is 6.04. The lowest BCUT2D eigenvalue weighted by molar-refractivity contribution is 0.102. The molecule has 3 nitrogen and oxygen atoms in total. The molecular weight excluding hydrogens is 269 g/mol. The smallest absolute Gasteiger partial charge is 0.255 e. The summed E-state index contributed by atoms with van der Waals surface area (Å²) in [5.74, 6) is -3.61. The minimum Gasteiger partial charge on any atom is -0.322 e. The van der Waals surface area contributed by atoms with Crippen molar-refractivity contribution in [3.05, 3.63) is 65.0 Å². The first-order chi connectivity index (χ1) is 9.51. The molecule has 0 atom stereocenters. The summed E-state index contributed by atoms with van der Waals surface area (Å²) in [4.78, 5) is 11.8. The van der Waals surface area contributed by atoms with E-state index in [0.29, 0.717) is 0 Å². The van der Waals surface area contributed by atoms with E-state index in [2.05, 4.69) is 5.32 Å². The van der Waals surface area contributed by atoms with Crippen LogP contribution in [0.2, 0.25) is 0 Å². The normalized spacial score (nSPS) is 9.90. The van der Waals surface area contributed by atoms with Gasteiger partial charge in [-0.05, 0) is 36.4 Å². The van der Waals surface area contributed by atoms with Crippen molar-refractivity contribution in [2.75, 3.05) is 5.32 Å². The van der Waals surface area contributed by atoms with E-state index >= 15 is 0 Å². The Labute approximate surface area is 112 Å². The topological polar surface area (TPSA) is 52.9 Å². The van der Waals surface area contributed by atoms with Gasteiger partial charge in [0, 0.05) is 11.3 Å². The second kappa shape index (κ2) is 5.45. The molecule has 0 saturated carbocycles. The zero-order chi connectivity index (χ0) is 14.7. The van der Waals surface area contributed by atoms with E-state index in [9.17, 15) is 18.0 Å². The van der Waals surface area contributed by atoms with Crippen LogP contribution in [0, 0.1) is 28.8 Å². The Morgan fingerprint density at radius 2 is 1.70 bits per heavy atom. The van der Waals surface area contributed by atoms with Gasteiger partial charge in [0.15, 0.2) is 11.6 Å². The Hall–Kier alpha value is -2.81. The summed E-state index contributed by atoms with van der Waals surface area (Å²) in [5, 5.41) is 11.0. The molecule has 0 spiro atoms. The average molecular weight is 276 g/mol. The summed E-state index contributed by atoms with van der Waals surface area (Å²) in [6.45, 7) is 0. The Morgan fingerprint density at radius 1 is 1.00 bits per heavy atom. The van der Waals surface area contributed by atoms with Gasteiger partial charge >= 0.3 is 0 Å². The number of halogens is 3. The third kappa shape index (κ3) is 2.78. The van der Waals surface area contributed by atoms with E-state index in [4.69, 9.17) is 5.26 Å². The molecule has 0 bridgehead atoms. The number of amides is 1. The van der Waals surface area contributed by atoms with Crippen LogP contribution in [0.5, 0.6) is 0 Å². The Kier molecular flexibility index (Phi) is 3.71. The van der Waals surface area contributed by atoms with Crippen molar-refractivity contribution >= 4 is 11.6 Å². The minimum atomic E-state index is -1.14. The fourth-order valence-electron chi connectivity index (χ4n) is 1.53. The maximum absolute atomic E-state index is 13.1. The zero-order valence-corrected chi connectivity index (χ0v) is 9.95. The van der Waals surface area contributed by atoms with E-state index in [1.54, 1.807) is 6.07 Å². The van der Waals surface area contributed by atoms with Crippen molar-refractivity contribution in [1.82, 2.24) is 0 Å². The molecule has 6 heteroatoms. The van der Waals surface area contributed by atoms with Gasteiger partial charge in [0.1, 0.15) is 11.9 Å². The summed E-state index contributed by atoms with van der Waals surface area (Å²) in [6.07, 6.45) is 0. The molecular formula is C14H7F3N2O. The molecule has 100 valence electrons. The first-order valence-electron chi connectivity index (χ1n) is 5.47. The van der Waals surface area contributed by atoms with Gasteiger partial charge in [0.05, 0.1) is 5.56 Å². The number of hydrogen-bond donors (Lipinski definition) is 1. The number of nitrogens with zero attached hydrogens (tertiary/aromatic N) is 1. The van der Waals surface area contributed by atoms with Crippen molar-refractivity contribution in [2.24, 2.45) is 0 Å². The maximum atomic E-state index is 13.1.